The molecule has 2 fully saturated rings. The van der Waals surface area contributed by atoms with Crippen LogP contribution in [0.2, 0.25) is 0 Å². The molecule has 61 heavy (non-hydrogen) atoms. The van der Waals surface area contributed by atoms with Crippen molar-refractivity contribution in [2.75, 3.05) is 10.6 Å². The number of ether oxygens (including phenoxy) is 5. The topological polar surface area (TPSA) is 375 Å². The van der Waals surface area contributed by atoms with Crippen molar-refractivity contribution in [1.82, 2.24) is 0 Å². The van der Waals surface area contributed by atoms with E-state index in [1.807, 2.05) is 0 Å². The van der Waals surface area contributed by atoms with Gasteiger partial charge in [0, 0.05) is 25.7 Å². The number of phenols is 1. The molecule has 4 rings (SSSR count). The number of phenolic OH excluding ortho intramolecular Hbond substituents is 1. The Morgan fingerprint density at radius 3 is 1.49 bits per heavy atom. The number of esters is 2. The second kappa shape index (κ2) is 23.5. The molecule has 6 unspecified atom stereocenters. The summed E-state index contributed by atoms with van der Waals surface area (Å²) in [5, 5.41) is 98.2. The summed E-state index contributed by atoms with van der Waals surface area (Å²) >= 11 is 0. The number of carbonyl (C=O) groups is 6. The third-order valence-corrected chi connectivity index (χ3v) is 8.44. The molecule has 0 saturated carbocycles. The predicted molar refractivity (Wildman–Crippen MR) is 204 cm³/mol. The fraction of sp³-hybridized carbons (Fsp3) is 0.526. The summed E-state index contributed by atoms with van der Waals surface area (Å²) in [6.45, 7) is 9.48. The summed E-state index contributed by atoms with van der Waals surface area (Å²) in [6.07, 6.45) is -17.6. The number of carboxylic acid groups (broad SMARTS) is 2. The number of carbonyl (C=O) groups excluding carboxylic acids is 4. The Morgan fingerprint density at radius 1 is 0.607 bits per heavy atom. The highest BCUT2D eigenvalue weighted by atomic mass is 16.7. The van der Waals surface area contributed by atoms with Crippen LogP contribution < -0.4 is 15.4 Å². The average molecular weight is 873 g/mol. The highest BCUT2D eigenvalue weighted by Gasteiger charge is 2.48. The minimum Gasteiger partial charge on any atom is -0.506 e. The van der Waals surface area contributed by atoms with Crippen molar-refractivity contribution < 1.29 is 104 Å². The Labute approximate surface area is 348 Å². The SMILES string of the molecule is CC(=O)OCc1ccc(O)c(NC(=O)C(C)C)c1.CC(=O)OCc1ccc(OC2OC(C(=O)O)[C@@H](O)C(O)[C@H]2O)c(NC(=O)C(C)C)c1.O=C(O)C1OC(O)[C@H](O)C(O)[C@@H]1O. The van der Waals surface area contributed by atoms with Gasteiger partial charge >= 0.3 is 23.9 Å². The van der Waals surface area contributed by atoms with Crippen LogP contribution in [0.15, 0.2) is 36.4 Å². The van der Waals surface area contributed by atoms with Crippen molar-refractivity contribution in [3.8, 4) is 11.5 Å². The van der Waals surface area contributed by atoms with E-state index in [2.05, 4.69) is 15.4 Å². The van der Waals surface area contributed by atoms with Gasteiger partial charge in [-0.05, 0) is 35.4 Å². The van der Waals surface area contributed by atoms with Crippen molar-refractivity contribution in [2.24, 2.45) is 11.8 Å². The lowest BCUT2D eigenvalue weighted by molar-refractivity contribution is -0.279. The molecule has 2 saturated heterocycles. The number of aromatic hydroxyl groups is 1. The van der Waals surface area contributed by atoms with E-state index in [9.17, 15) is 49.2 Å². The number of benzene rings is 2. The van der Waals surface area contributed by atoms with Crippen LogP contribution in [0, 0.1) is 11.8 Å². The molecule has 0 aromatic heterocycles. The van der Waals surface area contributed by atoms with Gasteiger partial charge < -0.3 is 85.4 Å². The van der Waals surface area contributed by atoms with Gasteiger partial charge in [0.1, 0.15) is 61.3 Å². The van der Waals surface area contributed by atoms with E-state index >= 15 is 0 Å². The lowest BCUT2D eigenvalue weighted by Gasteiger charge is -2.38. The van der Waals surface area contributed by atoms with Crippen molar-refractivity contribution in [2.45, 2.75) is 116 Å². The van der Waals surface area contributed by atoms with Gasteiger partial charge in [-0.2, -0.15) is 0 Å². The van der Waals surface area contributed by atoms with Crippen molar-refractivity contribution in [3.63, 3.8) is 0 Å². The van der Waals surface area contributed by atoms with E-state index in [1.54, 1.807) is 39.8 Å². The van der Waals surface area contributed by atoms with E-state index in [1.165, 1.54) is 38.1 Å². The molecule has 2 aromatic carbocycles. The first-order chi connectivity index (χ1) is 28.3. The summed E-state index contributed by atoms with van der Waals surface area (Å²) in [7, 11) is 0. The lowest BCUT2D eigenvalue weighted by Crippen LogP contribution is -2.61. The Bertz CT molecular complexity index is 1840. The Balaban J connectivity index is 0.000000349. The molecule has 0 bridgehead atoms. The first kappa shape index (κ1) is 51.6. The van der Waals surface area contributed by atoms with Crippen molar-refractivity contribution in [3.05, 3.63) is 47.5 Å². The Hall–Kier alpha value is -5.50. The van der Waals surface area contributed by atoms with Gasteiger partial charge in [-0.15, -0.1) is 0 Å². The van der Waals surface area contributed by atoms with Crippen LogP contribution in [0.4, 0.5) is 11.4 Å². The quantitative estimate of drug-likeness (QED) is 0.0856. The molecular weight excluding hydrogens is 820 g/mol. The number of carboxylic acids is 2. The Morgan fingerprint density at radius 2 is 1.03 bits per heavy atom. The molecule has 0 spiro atoms. The first-order valence-corrected chi connectivity index (χ1v) is 18.4. The summed E-state index contributed by atoms with van der Waals surface area (Å²) in [5.41, 5.74) is 1.70. The van der Waals surface area contributed by atoms with E-state index in [0.29, 0.717) is 16.8 Å². The van der Waals surface area contributed by atoms with E-state index in [-0.39, 0.29) is 60.0 Å². The van der Waals surface area contributed by atoms with Gasteiger partial charge in [-0.25, -0.2) is 9.59 Å². The van der Waals surface area contributed by atoms with Gasteiger partial charge in [0.25, 0.3) is 0 Å². The number of aliphatic hydroxyl groups is 7. The first-order valence-electron chi connectivity index (χ1n) is 18.4. The molecule has 2 aliphatic heterocycles. The fourth-order valence-electron chi connectivity index (χ4n) is 4.90. The number of hydrogen-bond acceptors (Lipinski definition) is 19. The second-order valence-corrected chi connectivity index (χ2v) is 14.1. The summed E-state index contributed by atoms with van der Waals surface area (Å²) in [5.74, 6) is -5.04. The second-order valence-electron chi connectivity index (χ2n) is 14.1. The number of amides is 2. The number of rotatable bonds is 12. The van der Waals surface area contributed by atoms with Crippen molar-refractivity contribution in [1.29, 1.82) is 0 Å². The highest BCUT2D eigenvalue weighted by Crippen LogP contribution is 2.32. The highest BCUT2D eigenvalue weighted by molar-refractivity contribution is 5.94. The maximum atomic E-state index is 12.2. The molecule has 23 heteroatoms. The zero-order valence-corrected chi connectivity index (χ0v) is 33.8. The van der Waals surface area contributed by atoms with Gasteiger partial charge in [-0.1, -0.05) is 39.8 Å². The molecule has 0 radical (unpaired) electrons. The molecule has 12 N–H and O–H groups in total. The number of nitrogens with one attached hydrogen (secondary N) is 2. The van der Waals surface area contributed by atoms with E-state index in [4.69, 9.17) is 49.6 Å². The Kier molecular flexibility index (Phi) is 19.9. The molecule has 10 atom stereocenters. The maximum absolute atomic E-state index is 12.2. The average Bonchev–Trinajstić information content (AvgIpc) is 3.18. The minimum absolute atomic E-state index is 0.00681. The normalized spacial score (nSPS) is 25.7. The summed E-state index contributed by atoms with van der Waals surface area (Å²) in [6, 6.07) is 9.07. The van der Waals surface area contributed by atoms with Crippen LogP contribution in [0.3, 0.4) is 0 Å². The van der Waals surface area contributed by atoms with E-state index < -0.39 is 79.3 Å². The number of hydrogen-bond donors (Lipinski definition) is 12. The van der Waals surface area contributed by atoms with Crippen LogP contribution in [-0.2, 0) is 60.9 Å². The minimum atomic E-state index is -1.86. The smallest absolute Gasteiger partial charge is 0.335 e. The van der Waals surface area contributed by atoms with Crippen LogP contribution in [0.5, 0.6) is 11.5 Å². The van der Waals surface area contributed by atoms with Crippen LogP contribution in [0.1, 0.15) is 52.7 Å². The summed E-state index contributed by atoms with van der Waals surface area (Å²) in [4.78, 5) is 67.0. The van der Waals surface area contributed by atoms with Crippen LogP contribution in [0.25, 0.3) is 0 Å². The monoisotopic (exact) mass is 872 g/mol. The van der Waals surface area contributed by atoms with Crippen molar-refractivity contribution >= 4 is 47.1 Å². The third-order valence-electron chi connectivity index (χ3n) is 8.44. The van der Waals surface area contributed by atoms with Gasteiger partial charge in [0.2, 0.25) is 18.1 Å². The molecule has 0 aliphatic carbocycles. The molecule has 23 nitrogen and oxygen atoms in total. The van der Waals surface area contributed by atoms with Gasteiger partial charge in [0.05, 0.1) is 11.4 Å². The fourth-order valence-corrected chi connectivity index (χ4v) is 4.90. The third kappa shape index (κ3) is 15.5. The zero-order chi connectivity index (χ0) is 46.5. The largest absolute Gasteiger partial charge is 0.506 e. The van der Waals surface area contributed by atoms with Crippen LogP contribution >= 0.6 is 0 Å². The molecular formula is C38H52N2O21. The molecule has 2 aromatic rings. The van der Waals surface area contributed by atoms with Crippen LogP contribution in [-0.4, -0.2) is 148 Å². The lowest BCUT2D eigenvalue weighted by atomic mass is 9.99. The molecule has 2 heterocycles. The number of aliphatic hydroxyl groups excluding tert-OH is 7. The number of aliphatic carboxylic acids is 2. The standard InChI is InChI=1S/C19H25NO10.C13H17NO4.C6H10O7/c1-8(2)17(25)20-11-6-10(7-28-9(3)21)4-5-12(11)29-19-15(24)13(22)14(23)16(30-19)18(26)27;1-8(2)13(17)14-11-6-10(4-5-12(11)16)7-18-9(3)15;7-1-2(8)4(5(10)11)13-6(12)3(1)9/h4-6,8,13-16,19,22-24H,7H2,1-3H3,(H,20,25)(H,26,27);4-6,8,16H,7H2,1-3H3,(H,14,17);1-4,6-9,12H,(H,10,11)/t13?,14-,15+,16?,19?;;1?,2-,3+,4?,6?/m0.0/s1. The van der Waals surface area contributed by atoms with Gasteiger partial charge in [0.15, 0.2) is 18.5 Å². The summed E-state index contributed by atoms with van der Waals surface area (Å²) < 4.78 is 24.7. The number of anilines is 2. The van der Waals surface area contributed by atoms with Gasteiger partial charge in [-0.3, -0.25) is 19.2 Å². The van der Waals surface area contributed by atoms with E-state index in [0.717, 1.165) is 0 Å². The molecule has 2 amide bonds. The molecule has 340 valence electrons. The maximum Gasteiger partial charge on any atom is 0.335 e. The predicted octanol–water partition coefficient (Wildman–Crippen LogP) is -1.46. The molecule has 2 aliphatic rings. The zero-order valence-electron chi connectivity index (χ0n) is 33.8.